The fourth-order valence-electron chi connectivity index (χ4n) is 2.14. The van der Waals surface area contributed by atoms with E-state index >= 15 is 0 Å². The van der Waals surface area contributed by atoms with Gasteiger partial charge in [0.05, 0.1) is 13.7 Å². The second kappa shape index (κ2) is 7.44. The zero-order valence-electron chi connectivity index (χ0n) is 13.5. The monoisotopic (exact) mass is 331 g/mol. The van der Waals surface area contributed by atoms with Gasteiger partial charge >= 0.3 is 0 Å². The predicted octanol–water partition coefficient (Wildman–Crippen LogP) is 3.10. The Hall–Kier alpha value is -2.11. The lowest BCUT2D eigenvalue weighted by Gasteiger charge is -2.21. The molecule has 1 amide bonds. The summed E-state index contributed by atoms with van der Waals surface area (Å²) in [6, 6.07) is 9.50. The quantitative estimate of drug-likeness (QED) is 0.800. The Morgan fingerprint density at radius 1 is 1.43 bits per heavy atom. The molecular weight excluding hydrogens is 310 g/mol. The first kappa shape index (κ1) is 17.2. The lowest BCUT2D eigenvalue weighted by Crippen LogP contribution is -2.37. The molecule has 2 N–H and O–H groups in total. The van der Waals surface area contributed by atoms with E-state index < -0.39 is 5.60 Å². The first-order chi connectivity index (χ1) is 10.9. The number of carbonyl (C=O) groups is 1. The summed E-state index contributed by atoms with van der Waals surface area (Å²) < 4.78 is 5.27. The van der Waals surface area contributed by atoms with Gasteiger partial charge in [0.2, 0.25) is 5.91 Å². The van der Waals surface area contributed by atoms with Gasteiger partial charge in [-0.2, -0.15) is 0 Å². The van der Waals surface area contributed by atoms with E-state index in [0.29, 0.717) is 5.75 Å². The Bertz CT molecular complexity index is 690. The van der Waals surface area contributed by atoms with Crippen LogP contribution in [0.1, 0.15) is 22.9 Å². The van der Waals surface area contributed by atoms with Crippen LogP contribution in [0.25, 0.3) is 6.08 Å². The third-order valence-corrected chi connectivity index (χ3v) is 4.58. The fraction of sp³-hybridized carbons (Fsp3) is 0.278. The van der Waals surface area contributed by atoms with Crippen molar-refractivity contribution in [1.29, 1.82) is 0 Å². The summed E-state index contributed by atoms with van der Waals surface area (Å²) in [5.41, 5.74) is 0.859. The van der Waals surface area contributed by atoms with Gasteiger partial charge in [-0.05, 0) is 43.5 Å². The molecule has 0 radical (unpaired) electrons. The normalized spacial score (nSPS) is 13.7. The van der Waals surface area contributed by atoms with Gasteiger partial charge in [0, 0.05) is 16.5 Å². The molecule has 0 aliphatic carbocycles. The van der Waals surface area contributed by atoms with Gasteiger partial charge < -0.3 is 15.2 Å². The number of aliphatic hydroxyl groups is 1. The maximum Gasteiger partial charge on any atom is 0.244 e. The van der Waals surface area contributed by atoms with E-state index in [9.17, 15) is 9.90 Å². The highest BCUT2D eigenvalue weighted by molar-refractivity contribution is 7.10. The average Bonchev–Trinajstić information content (AvgIpc) is 3.06. The molecular formula is C18H21NO3S. The maximum atomic E-state index is 12.0. The van der Waals surface area contributed by atoms with Gasteiger partial charge in [-0.1, -0.05) is 17.7 Å². The van der Waals surface area contributed by atoms with E-state index in [1.165, 1.54) is 17.4 Å². The molecule has 0 fully saturated rings. The molecule has 122 valence electrons. The standard InChI is InChI=1S/C18H21NO3S/c1-13-6-8-15(22-3)14(11-13)7-9-17(20)19-12-18(2,21)16-5-4-10-23-16/h4-11,21H,12H2,1-3H3,(H,19,20). The number of thiophene rings is 1. The van der Waals surface area contributed by atoms with E-state index in [1.807, 2.05) is 42.6 Å². The van der Waals surface area contributed by atoms with Crippen LogP contribution >= 0.6 is 11.3 Å². The van der Waals surface area contributed by atoms with Gasteiger partial charge in [-0.15, -0.1) is 11.3 Å². The van der Waals surface area contributed by atoms with Crippen molar-refractivity contribution in [3.8, 4) is 5.75 Å². The number of benzene rings is 1. The van der Waals surface area contributed by atoms with Gasteiger partial charge in [0.1, 0.15) is 11.4 Å². The van der Waals surface area contributed by atoms with Crippen LogP contribution < -0.4 is 10.1 Å². The lowest BCUT2D eigenvalue weighted by atomic mass is 10.1. The highest BCUT2D eigenvalue weighted by atomic mass is 32.1. The molecule has 0 aliphatic rings. The summed E-state index contributed by atoms with van der Waals surface area (Å²) >= 11 is 1.46. The second-order valence-corrected chi connectivity index (χ2v) is 6.50. The first-order valence-corrected chi connectivity index (χ1v) is 8.17. The number of rotatable bonds is 6. The summed E-state index contributed by atoms with van der Waals surface area (Å²) in [5.74, 6) is 0.454. The summed E-state index contributed by atoms with van der Waals surface area (Å²) in [5, 5.41) is 15.0. The third kappa shape index (κ3) is 4.68. The summed E-state index contributed by atoms with van der Waals surface area (Å²) in [4.78, 5) is 12.8. The Morgan fingerprint density at radius 3 is 2.87 bits per heavy atom. The van der Waals surface area contributed by atoms with E-state index in [2.05, 4.69) is 5.32 Å². The SMILES string of the molecule is COc1ccc(C)cc1C=CC(=O)NCC(C)(O)c1cccs1. The molecule has 1 atom stereocenters. The highest BCUT2D eigenvalue weighted by Crippen LogP contribution is 2.24. The van der Waals surface area contributed by atoms with Gasteiger partial charge in [0.15, 0.2) is 0 Å². The Balaban J connectivity index is 1.98. The Labute approximate surface area is 140 Å². The Kier molecular flexibility index (Phi) is 5.58. The molecule has 1 aromatic heterocycles. The lowest BCUT2D eigenvalue weighted by molar-refractivity contribution is -0.117. The minimum absolute atomic E-state index is 0.154. The average molecular weight is 331 g/mol. The van der Waals surface area contributed by atoms with Crippen LogP contribution in [0.2, 0.25) is 0 Å². The summed E-state index contributed by atoms with van der Waals surface area (Å²) in [6.07, 6.45) is 3.16. The van der Waals surface area contributed by atoms with E-state index in [0.717, 1.165) is 16.0 Å². The van der Waals surface area contributed by atoms with Crippen LogP contribution in [0, 0.1) is 6.92 Å². The topological polar surface area (TPSA) is 58.6 Å². The molecule has 0 spiro atoms. The fourth-order valence-corrected chi connectivity index (χ4v) is 2.93. The van der Waals surface area contributed by atoms with E-state index in [4.69, 9.17) is 4.74 Å². The molecule has 0 saturated heterocycles. The molecule has 2 rings (SSSR count). The van der Waals surface area contributed by atoms with Crippen LogP contribution in [0.5, 0.6) is 5.75 Å². The van der Waals surface area contributed by atoms with Crippen LogP contribution in [0.4, 0.5) is 0 Å². The molecule has 0 aliphatic heterocycles. The Morgan fingerprint density at radius 2 is 2.22 bits per heavy atom. The summed E-state index contributed by atoms with van der Waals surface area (Å²) in [7, 11) is 1.60. The maximum absolute atomic E-state index is 12.0. The minimum atomic E-state index is -1.07. The van der Waals surface area contributed by atoms with Crippen LogP contribution in [-0.4, -0.2) is 24.7 Å². The summed E-state index contributed by atoms with van der Waals surface area (Å²) in [6.45, 7) is 3.82. The second-order valence-electron chi connectivity index (χ2n) is 5.55. The molecule has 1 heterocycles. The molecule has 1 unspecified atom stereocenters. The van der Waals surface area contributed by atoms with Crippen LogP contribution in [0.3, 0.4) is 0 Å². The zero-order chi connectivity index (χ0) is 16.9. The van der Waals surface area contributed by atoms with Gasteiger partial charge in [-0.3, -0.25) is 4.79 Å². The van der Waals surface area contributed by atoms with Crippen LogP contribution in [0.15, 0.2) is 41.8 Å². The van der Waals surface area contributed by atoms with Crippen molar-refractivity contribution >= 4 is 23.3 Å². The van der Waals surface area contributed by atoms with Gasteiger partial charge in [0.25, 0.3) is 0 Å². The van der Waals surface area contributed by atoms with Crippen molar-refractivity contribution in [1.82, 2.24) is 5.32 Å². The number of methoxy groups -OCH3 is 1. The van der Waals surface area contributed by atoms with Crippen molar-refractivity contribution < 1.29 is 14.6 Å². The molecule has 2 aromatic rings. The number of nitrogens with one attached hydrogen (secondary N) is 1. The number of carbonyl (C=O) groups excluding carboxylic acids is 1. The molecule has 0 bridgehead atoms. The van der Waals surface area contributed by atoms with Crippen molar-refractivity contribution in [3.05, 3.63) is 57.8 Å². The highest BCUT2D eigenvalue weighted by Gasteiger charge is 2.24. The van der Waals surface area contributed by atoms with Crippen molar-refractivity contribution in [3.63, 3.8) is 0 Å². The number of hydrogen-bond donors (Lipinski definition) is 2. The number of aryl methyl sites for hydroxylation is 1. The minimum Gasteiger partial charge on any atom is -0.496 e. The molecule has 23 heavy (non-hydrogen) atoms. The first-order valence-electron chi connectivity index (χ1n) is 7.29. The van der Waals surface area contributed by atoms with Crippen molar-refractivity contribution in [2.24, 2.45) is 0 Å². The zero-order valence-corrected chi connectivity index (χ0v) is 14.3. The van der Waals surface area contributed by atoms with E-state index in [1.54, 1.807) is 20.1 Å². The number of ether oxygens (including phenoxy) is 1. The predicted molar refractivity (Wildman–Crippen MR) is 93.7 cm³/mol. The molecule has 5 heteroatoms. The molecule has 0 saturated carbocycles. The van der Waals surface area contributed by atoms with E-state index in [-0.39, 0.29) is 12.5 Å². The molecule has 1 aromatic carbocycles. The van der Waals surface area contributed by atoms with Crippen LogP contribution in [-0.2, 0) is 10.4 Å². The van der Waals surface area contributed by atoms with Crippen molar-refractivity contribution in [2.45, 2.75) is 19.4 Å². The van der Waals surface area contributed by atoms with Gasteiger partial charge in [-0.25, -0.2) is 0 Å². The number of hydrogen-bond acceptors (Lipinski definition) is 4. The largest absolute Gasteiger partial charge is 0.496 e. The number of amides is 1. The third-order valence-electron chi connectivity index (χ3n) is 3.46. The molecule has 4 nitrogen and oxygen atoms in total. The van der Waals surface area contributed by atoms with Crippen molar-refractivity contribution in [2.75, 3.05) is 13.7 Å². The smallest absolute Gasteiger partial charge is 0.244 e.